The fourth-order valence-corrected chi connectivity index (χ4v) is 2.69. The highest BCUT2D eigenvalue weighted by molar-refractivity contribution is 7.90. The van der Waals surface area contributed by atoms with Crippen LogP contribution in [-0.2, 0) is 16.4 Å². The summed E-state index contributed by atoms with van der Waals surface area (Å²) in [7, 11) is -3.29. The predicted molar refractivity (Wildman–Crippen MR) is 88.3 cm³/mol. The van der Waals surface area contributed by atoms with Crippen LogP contribution in [0.5, 0.6) is 0 Å². The number of amides is 1. The lowest BCUT2D eigenvalue weighted by atomic mass is 10.2. The minimum absolute atomic E-state index is 0.0603. The molecule has 9 heteroatoms. The van der Waals surface area contributed by atoms with Gasteiger partial charge in [-0.25, -0.2) is 8.42 Å². The number of aromatic nitrogens is 3. The van der Waals surface area contributed by atoms with Crippen LogP contribution in [-0.4, -0.2) is 35.7 Å². The minimum Gasteiger partial charge on any atom is -0.343 e. The number of hydrogen-bond acceptors (Lipinski definition) is 7. The quantitative estimate of drug-likeness (QED) is 0.734. The van der Waals surface area contributed by atoms with Gasteiger partial charge in [0.15, 0.2) is 9.84 Å². The summed E-state index contributed by atoms with van der Waals surface area (Å²) in [6.07, 6.45) is 4.35. The second-order valence-electron chi connectivity index (χ2n) is 5.23. The van der Waals surface area contributed by atoms with E-state index in [1.165, 1.54) is 24.3 Å². The van der Waals surface area contributed by atoms with Crippen LogP contribution in [0.1, 0.15) is 16.2 Å². The number of carbonyl (C=O) groups is 1. The zero-order valence-electron chi connectivity index (χ0n) is 13.2. The summed E-state index contributed by atoms with van der Waals surface area (Å²) in [5.41, 5.74) is 1.09. The van der Waals surface area contributed by atoms with Gasteiger partial charge in [0.2, 0.25) is 11.7 Å². The van der Waals surface area contributed by atoms with Gasteiger partial charge in [0.25, 0.3) is 5.91 Å². The van der Waals surface area contributed by atoms with Crippen LogP contribution < -0.4 is 5.32 Å². The second kappa shape index (κ2) is 6.81. The summed E-state index contributed by atoms with van der Waals surface area (Å²) < 4.78 is 27.9. The van der Waals surface area contributed by atoms with Crippen LogP contribution >= 0.6 is 0 Å². The number of sulfone groups is 1. The van der Waals surface area contributed by atoms with Crippen molar-refractivity contribution < 1.29 is 17.7 Å². The topological polar surface area (TPSA) is 115 Å². The van der Waals surface area contributed by atoms with Gasteiger partial charge >= 0.3 is 0 Å². The highest BCUT2D eigenvalue weighted by Crippen LogP contribution is 2.14. The molecule has 0 unspecified atom stereocenters. The first-order valence-corrected chi connectivity index (χ1v) is 9.14. The third kappa shape index (κ3) is 4.07. The summed E-state index contributed by atoms with van der Waals surface area (Å²) in [6.45, 7) is 0.0603. The lowest BCUT2D eigenvalue weighted by Crippen LogP contribution is -2.23. The van der Waals surface area contributed by atoms with Crippen molar-refractivity contribution in [3.63, 3.8) is 0 Å². The fourth-order valence-electron chi connectivity index (χ4n) is 2.06. The number of benzene rings is 1. The average Bonchev–Trinajstić information content (AvgIpc) is 3.09. The number of nitrogens with one attached hydrogen (secondary N) is 1. The SMILES string of the molecule is CS(=O)(=O)c1ccc(C(=O)NCc2nc(-c3ccncc3)no2)cc1. The Balaban J connectivity index is 1.64. The molecule has 0 atom stereocenters. The number of nitrogens with zero attached hydrogens (tertiary/aromatic N) is 3. The lowest BCUT2D eigenvalue weighted by Gasteiger charge is -2.03. The average molecular weight is 358 g/mol. The maximum atomic E-state index is 12.1. The second-order valence-corrected chi connectivity index (χ2v) is 7.24. The summed E-state index contributed by atoms with van der Waals surface area (Å²) >= 11 is 0. The van der Waals surface area contributed by atoms with Crippen LogP contribution in [0.3, 0.4) is 0 Å². The van der Waals surface area contributed by atoms with Crippen LogP contribution in [0.15, 0.2) is 58.2 Å². The number of carbonyl (C=O) groups excluding carboxylic acids is 1. The molecule has 25 heavy (non-hydrogen) atoms. The molecule has 1 aromatic carbocycles. The molecule has 2 heterocycles. The first kappa shape index (κ1) is 16.8. The van der Waals surface area contributed by atoms with E-state index in [1.54, 1.807) is 24.5 Å². The standard InChI is InChI=1S/C16H14N4O4S/c1-25(22,23)13-4-2-12(3-5-13)16(21)18-10-14-19-15(20-24-14)11-6-8-17-9-7-11/h2-9H,10H2,1H3,(H,18,21). The Bertz CT molecular complexity index is 982. The van der Waals surface area contributed by atoms with E-state index in [0.717, 1.165) is 11.8 Å². The summed E-state index contributed by atoms with van der Waals surface area (Å²) in [4.78, 5) is 20.4. The van der Waals surface area contributed by atoms with Crippen molar-refractivity contribution in [2.75, 3.05) is 6.26 Å². The van der Waals surface area contributed by atoms with Crippen LogP contribution in [0.4, 0.5) is 0 Å². The Hall–Kier alpha value is -3.07. The van der Waals surface area contributed by atoms with Gasteiger partial charge in [-0.05, 0) is 36.4 Å². The molecule has 1 amide bonds. The predicted octanol–water partition coefficient (Wildman–Crippen LogP) is 1.47. The van der Waals surface area contributed by atoms with Crippen LogP contribution in [0.25, 0.3) is 11.4 Å². The van der Waals surface area contributed by atoms with Crippen molar-refractivity contribution in [2.24, 2.45) is 0 Å². The van der Waals surface area contributed by atoms with Crippen molar-refractivity contribution in [3.8, 4) is 11.4 Å². The van der Waals surface area contributed by atoms with E-state index in [4.69, 9.17) is 4.52 Å². The summed E-state index contributed by atoms with van der Waals surface area (Å²) in [5.74, 6) is 0.292. The molecular formula is C16H14N4O4S. The molecule has 0 aliphatic carbocycles. The van der Waals surface area contributed by atoms with Gasteiger partial charge in [0, 0.05) is 29.8 Å². The highest BCUT2D eigenvalue weighted by atomic mass is 32.2. The third-order valence-corrected chi connectivity index (χ3v) is 4.48. The van der Waals surface area contributed by atoms with E-state index >= 15 is 0 Å². The smallest absolute Gasteiger partial charge is 0.251 e. The maximum Gasteiger partial charge on any atom is 0.251 e. The molecule has 0 bridgehead atoms. The van der Waals surface area contributed by atoms with E-state index in [-0.39, 0.29) is 23.2 Å². The molecule has 3 rings (SSSR count). The van der Waals surface area contributed by atoms with Crippen molar-refractivity contribution in [1.82, 2.24) is 20.4 Å². The molecule has 0 aliphatic heterocycles. The van der Waals surface area contributed by atoms with Gasteiger partial charge in [-0.1, -0.05) is 5.16 Å². The monoisotopic (exact) mass is 358 g/mol. The first-order chi connectivity index (χ1) is 11.9. The normalized spacial score (nSPS) is 11.2. The van der Waals surface area contributed by atoms with Gasteiger partial charge < -0.3 is 9.84 Å². The van der Waals surface area contributed by atoms with Gasteiger partial charge in [0.05, 0.1) is 11.4 Å². The largest absolute Gasteiger partial charge is 0.343 e. The molecule has 0 saturated heterocycles. The van der Waals surface area contributed by atoms with E-state index < -0.39 is 9.84 Å². The number of rotatable bonds is 5. The number of pyridine rings is 1. The minimum atomic E-state index is -3.29. The highest BCUT2D eigenvalue weighted by Gasteiger charge is 2.12. The molecule has 3 aromatic rings. The van der Waals surface area contributed by atoms with Gasteiger partial charge in [-0.3, -0.25) is 9.78 Å². The Morgan fingerprint density at radius 1 is 1.12 bits per heavy atom. The molecule has 0 spiro atoms. The number of hydrogen-bond donors (Lipinski definition) is 1. The van der Waals surface area contributed by atoms with Gasteiger partial charge in [-0.15, -0.1) is 0 Å². The van der Waals surface area contributed by atoms with Crippen molar-refractivity contribution in [1.29, 1.82) is 0 Å². The first-order valence-electron chi connectivity index (χ1n) is 7.25. The molecule has 2 aromatic heterocycles. The van der Waals surface area contributed by atoms with Gasteiger partial charge in [0.1, 0.15) is 0 Å². The Morgan fingerprint density at radius 3 is 2.44 bits per heavy atom. The molecule has 0 saturated carbocycles. The van der Waals surface area contributed by atoms with Crippen molar-refractivity contribution in [3.05, 3.63) is 60.2 Å². The van der Waals surface area contributed by atoms with Crippen molar-refractivity contribution in [2.45, 2.75) is 11.4 Å². The Labute approximate surface area is 143 Å². The van der Waals surface area contributed by atoms with E-state index in [2.05, 4.69) is 20.4 Å². The lowest BCUT2D eigenvalue weighted by molar-refractivity contribution is 0.0946. The zero-order chi connectivity index (χ0) is 17.9. The van der Waals surface area contributed by atoms with Crippen LogP contribution in [0, 0.1) is 0 Å². The molecule has 8 nitrogen and oxygen atoms in total. The molecule has 128 valence electrons. The van der Waals surface area contributed by atoms with Crippen LogP contribution in [0.2, 0.25) is 0 Å². The van der Waals surface area contributed by atoms with E-state index in [9.17, 15) is 13.2 Å². The molecule has 0 aliphatic rings. The molecule has 1 N–H and O–H groups in total. The maximum absolute atomic E-state index is 12.1. The zero-order valence-corrected chi connectivity index (χ0v) is 14.0. The fraction of sp³-hybridized carbons (Fsp3) is 0.125. The van der Waals surface area contributed by atoms with Gasteiger partial charge in [-0.2, -0.15) is 4.98 Å². The Morgan fingerprint density at radius 2 is 1.80 bits per heavy atom. The van der Waals surface area contributed by atoms with E-state index in [1.807, 2.05) is 0 Å². The molecular weight excluding hydrogens is 344 g/mol. The summed E-state index contributed by atoms with van der Waals surface area (Å²) in [5, 5.41) is 6.49. The Kier molecular flexibility index (Phi) is 4.57. The van der Waals surface area contributed by atoms with E-state index in [0.29, 0.717) is 11.4 Å². The molecule has 0 fully saturated rings. The van der Waals surface area contributed by atoms with Crippen molar-refractivity contribution >= 4 is 15.7 Å². The molecule has 0 radical (unpaired) electrons. The third-order valence-electron chi connectivity index (χ3n) is 3.35. The summed E-state index contributed by atoms with van der Waals surface area (Å²) in [6, 6.07) is 9.16.